The van der Waals surface area contributed by atoms with Crippen LogP contribution < -0.4 is 5.32 Å². The molecule has 0 saturated carbocycles. The molecular formula is C19H15F3N4OS. The Balaban J connectivity index is 1.51. The van der Waals surface area contributed by atoms with Crippen molar-refractivity contribution in [3.63, 3.8) is 0 Å². The first kappa shape index (κ1) is 18.4. The van der Waals surface area contributed by atoms with Crippen LogP contribution >= 0.6 is 11.3 Å². The van der Waals surface area contributed by atoms with Crippen molar-refractivity contribution in [2.45, 2.75) is 26.1 Å². The number of hydrogen-bond acceptors (Lipinski definition) is 6. The molecule has 3 aromatic heterocycles. The molecule has 0 radical (unpaired) electrons. The van der Waals surface area contributed by atoms with Crippen LogP contribution in [0.4, 0.5) is 19.0 Å². The highest BCUT2D eigenvalue weighted by Crippen LogP contribution is 2.32. The molecule has 0 spiro atoms. The van der Waals surface area contributed by atoms with Gasteiger partial charge in [-0.3, -0.25) is 0 Å². The number of alkyl halides is 3. The highest BCUT2D eigenvalue weighted by atomic mass is 32.1. The minimum atomic E-state index is -4.36. The number of fused-ring (bicyclic) bond motifs is 1. The Hall–Kier alpha value is -2.94. The third-order valence-corrected chi connectivity index (χ3v) is 5.26. The SMILES string of the molecule is CCc1csc2ncnc(NCc3cc(-c4ccc(C(F)(F)F)cc4)no3)c12. The van der Waals surface area contributed by atoms with E-state index in [1.807, 2.05) is 0 Å². The van der Waals surface area contributed by atoms with Crippen molar-refractivity contribution in [2.24, 2.45) is 0 Å². The molecule has 0 bridgehead atoms. The van der Waals surface area contributed by atoms with Gasteiger partial charge >= 0.3 is 6.18 Å². The van der Waals surface area contributed by atoms with Crippen LogP contribution in [0.2, 0.25) is 0 Å². The van der Waals surface area contributed by atoms with E-state index in [1.54, 1.807) is 17.4 Å². The van der Waals surface area contributed by atoms with E-state index in [1.165, 1.54) is 24.0 Å². The molecule has 1 N–H and O–H groups in total. The van der Waals surface area contributed by atoms with Crippen LogP contribution in [0.15, 0.2) is 46.6 Å². The summed E-state index contributed by atoms with van der Waals surface area (Å²) in [5.74, 6) is 1.27. The van der Waals surface area contributed by atoms with Crippen LogP contribution in [-0.2, 0) is 19.1 Å². The number of anilines is 1. The van der Waals surface area contributed by atoms with Crippen LogP contribution in [0.3, 0.4) is 0 Å². The Bertz CT molecular complexity index is 1100. The van der Waals surface area contributed by atoms with Gasteiger partial charge in [-0.1, -0.05) is 24.2 Å². The van der Waals surface area contributed by atoms with Crippen LogP contribution in [0, 0.1) is 0 Å². The Labute approximate surface area is 162 Å². The molecule has 4 aromatic rings. The lowest BCUT2D eigenvalue weighted by Gasteiger charge is -2.06. The molecule has 0 saturated heterocycles. The van der Waals surface area contributed by atoms with Gasteiger partial charge in [0.25, 0.3) is 0 Å². The molecule has 3 heterocycles. The van der Waals surface area contributed by atoms with Gasteiger partial charge in [0.15, 0.2) is 5.76 Å². The summed E-state index contributed by atoms with van der Waals surface area (Å²) in [6, 6.07) is 6.52. The molecule has 28 heavy (non-hydrogen) atoms. The van der Waals surface area contributed by atoms with Crippen LogP contribution in [0.1, 0.15) is 23.8 Å². The molecule has 5 nitrogen and oxygen atoms in total. The first-order valence-corrected chi connectivity index (χ1v) is 9.42. The zero-order chi connectivity index (χ0) is 19.7. The van der Waals surface area contributed by atoms with Gasteiger partial charge in [-0.2, -0.15) is 13.2 Å². The maximum Gasteiger partial charge on any atom is 0.416 e. The average Bonchev–Trinajstić information content (AvgIpc) is 3.33. The lowest BCUT2D eigenvalue weighted by molar-refractivity contribution is -0.137. The van der Waals surface area contributed by atoms with E-state index in [0.717, 1.165) is 34.6 Å². The summed E-state index contributed by atoms with van der Waals surface area (Å²) in [6.07, 6.45) is -1.98. The summed E-state index contributed by atoms with van der Waals surface area (Å²) in [4.78, 5) is 9.52. The monoisotopic (exact) mass is 404 g/mol. The summed E-state index contributed by atoms with van der Waals surface area (Å²) in [6.45, 7) is 2.42. The van der Waals surface area contributed by atoms with E-state index in [4.69, 9.17) is 4.52 Å². The van der Waals surface area contributed by atoms with Gasteiger partial charge in [-0.05, 0) is 29.5 Å². The smallest absolute Gasteiger partial charge is 0.362 e. The number of thiophene rings is 1. The normalized spacial score (nSPS) is 11.9. The molecular weight excluding hydrogens is 389 g/mol. The van der Waals surface area contributed by atoms with Crippen molar-refractivity contribution in [2.75, 3.05) is 5.32 Å². The van der Waals surface area contributed by atoms with E-state index < -0.39 is 11.7 Å². The summed E-state index contributed by atoms with van der Waals surface area (Å²) < 4.78 is 43.3. The number of aromatic nitrogens is 3. The molecule has 144 valence electrons. The van der Waals surface area contributed by atoms with Crippen molar-refractivity contribution in [3.8, 4) is 11.3 Å². The molecule has 0 aliphatic rings. The molecule has 0 amide bonds. The van der Waals surface area contributed by atoms with E-state index in [-0.39, 0.29) is 0 Å². The van der Waals surface area contributed by atoms with Gasteiger partial charge in [0.05, 0.1) is 17.5 Å². The highest BCUT2D eigenvalue weighted by Gasteiger charge is 2.30. The Kier molecular flexibility index (Phi) is 4.76. The number of nitrogens with one attached hydrogen (secondary N) is 1. The van der Waals surface area contributed by atoms with E-state index in [2.05, 4.69) is 32.7 Å². The molecule has 0 atom stereocenters. The molecule has 0 aliphatic heterocycles. The zero-order valence-corrected chi connectivity index (χ0v) is 15.6. The largest absolute Gasteiger partial charge is 0.416 e. The van der Waals surface area contributed by atoms with Crippen LogP contribution in [0.5, 0.6) is 0 Å². The van der Waals surface area contributed by atoms with Gasteiger partial charge in [0, 0.05) is 11.6 Å². The molecule has 4 rings (SSSR count). The van der Waals surface area contributed by atoms with Gasteiger partial charge in [-0.15, -0.1) is 11.3 Å². The molecule has 0 fully saturated rings. The number of nitrogens with zero attached hydrogens (tertiary/aromatic N) is 3. The third-order valence-electron chi connectivity index (χ3n) is 4.32. The first-order valence-electron chi connectivity index (χ1n) is 8.54. The summed E-state index contributed by atoms with van der Waals surface area (Å²) in [7, 11) is 0. The fourth-order valence-electron chi connectivity index (χ4n) is 2.86. The number of halogens is 3. The minimum absolute atomic E-state index is 0.346. The summed E-state index contributed by atoms with van der Waals surface area (Å²) in [5.41, 5.74) is 1.50. The summed E-state index contributed by atoms with van der Waals surface area (Å²) in [5, 5.41) is 10.3. The summed E-state index contributed by atoms with van der Waals surface area (Å²) >= 11 is 1.57. The standard InChI is InChI=1S/C19H15F3N4OS/c1-2-11-9-28-18-16(11)17(24-10-25-18)23-8-14-7-15(26-27-14)12-3-5-13(6-4-12)19(20,21)22/h3-7,9-10H,2,8H2,1H3,(H,23,24,25). The van der Waals surface area contributed by atoms with Crippen molar-refractivity contribution in [1.82, 2.24) is 15.1 Å². The minimum Gasteiger partial charge on any atom is -0.362 e. The lowest BCUT2D eigenvalue weighted by atomic mass is 10.1. The molecule has 1 aromatic carbocycles. The van der Waals surface area contributed by atoms with Crippen molar-refractivity contribution in [1.29, 1.82) is 0 Å². The number of rotatable bonds is 5. The topological polar surface area (TPSA) is 63.8 Å². The van der Waals surface area contributed by atoms with E-state index in [0.29, 0.717) is 23.6 Å². The maximum absolute atomic E-state index is 12.7. The van der Waals surface area contributed by atoms with Crippen molar-refractivity contribution < 1.29 is 17.7 Å². The fraction of sp³-hybridized carbons (Fsp3) is 0.211. The average molecular weight is 404 g/mol. The maximum atomic E-state index is 12.7. The Morgan fingerprint density at radius 3 is 2.64 bits per heavy atom. The van der Waals surface area contributed by atoms with E-state index in [9.17, 15) is 13.2 Å². The predicted octanol–water partition coefficient (Wildman–Crippen LogP) is 5.54. The third kappa shape index (κ3) is 3.57. The van der Waals surface area contributed by atoms with Gasteiger partial charge < -0.3 is 9.84 Å². The second kappa shape index (κ2) is 7.23. The molecule has 0 unspecified atom stereocenters. The second-order valence-electron chi connectivity index (χ2n) is 6.12. The zero-order valence-electron chi connectivity index (χ0n) is 14.7. The Morgan fingerprint density at radius 1 is 1.14 bits per heavy atom. The first-order chi connectivity index (χ1) is 13.5. The van der Waals surface area contributed by atoms with Crippen molar-refractivity contribution in [3.05, 3.63) is 58.9 Å². The van der Waals surface area contributed by atoms with Gasteiger partial charge in [0.2, 0.25) is 0 Å². The van der Waals surface area contributed by atoms with Crippen LogP contribution in [-0.4, -0.2) is 15.1 Å². The molecule has 9 heteroatoms. The number of hydrogen-bond donors (Lipinski definition) is 1. The quantitative estimate of drug-likeness (QED) is 0.473. The predicted molar refractivity (Wildman–Crippen MR) is 101 cm³/mol. The van der Waals surface area contributed by atoms with E-state index >= 15 is 0 Å². The number of benzene rings is 1. The van der Waals surface area contributed by atoms with Crippen molar-refractivity contribution >= 4 is 27.4 Å². The van der Waals surface area contributed by atoms with Gasteiger partial charge in [-0.25, -0.2) is 9.97 Å². The fourth-order valence-corrected chi connectivity index (χ4v) is 3.85. The second-order valence-corrected chi connectivity index (χ2v) is 6.98. The Morgan fingerprint density at radius 2 is 1.93 bits per heavy atom. The van der Waals surface area contributed by atoms with Crippen LogP contribution in [0.25, 0.3) is 21.5 Å². The molecule has 0 aliphatic carbocycles. The highest BCUT2D eigenvalue weighted by molar-refractivity contribution is 7.17. The number of aryl methyl sites for hydroxylation is 1. The van der Waals surface area contributed by atoms with Gasteiger partial charge in [0.1, 0.15) is 22.7 Å². The lowest BCUT2D eigenvalue weighted by Crippen LogP contribution is -2.03.